The quantitative estimate of drug-likeness (QED) is 0.724. The minimum absolute atomic E-state index is 0.0183. The van der Waals surface area contributed by atoms with E-state index in [0.29, 0.717) is 11.3 Å². The summed E-state index contributed by atoms with van der Waals surface area (Å²) in [7, 11) is 0. The van der Waals surface area contributed by atoms with E-state index in [4.69, 9.17) is 9.63 Å². The van der Waals surface area contributed by atoms with Crippen LogP contribution in [0.2, 0.25) is 0 Å². The summed E-state index contributed by atoms with van der Waals surface area (Å²) < 4.78 is 5.17. The first-order valence-electron chi connectivity index (χ1n) is 9.42. The van der Waals surface area contributed by atoms with Crippen LogP contribution in [0.15, 0.2) is 4.52 Å². The highest BCUT2D eigenvalue weighted by atomic mass is 16.5. The van der Waals surface area contributed by atoms with Crippen molar-refractivity contribution in [2.24, 2.45) is 10.8 Å². The van der Waals surface area contributed by atoms with Gasteiger partial charge in [0.2, 0.25) is 5.89 Å². The fraction of sp³-hybridized carbons (Fsp3) is 0.842. The fourth-order valence-electron chi connectivity index (χ4n) is 4.31. The molecule has 25 heavy (non-hydrogen) atoms. The molecule has 0 bridgehead atoms. The van der Waals surface area contributed by atoms with E-state index in [1.165, 1.54) is 32.1 Å². The molecule has 1 fully saturated rings. The predicted octanol–water partition coefficient (Wildman–Crippen LogP) is 4.29. The van der Waals surface area contributed by atoms with E-state index in [1.807, 2.05) is 0 Å². The molecule has 1 aromatic rings. The van der Waals surface area contributed by atoms with Crippen molar-refractivity contribution in [1.82, 2.24) is 10.1 Å². The van der Waals surface area contributed by atoms with Gasteiger partial charge in [-0.05, 0) is 36.5 Å². The average molecular weight is 352 g/mol. The van der Waals surface area contributed by atoms with Gasteiger partial charge < -0.3 is 14.7 Å². The molecule has 0 spiro atoms. The summed E-state index contributed by atoms with van der Waals surface area (Å²) in [5.41, 5.74) is 0.592. The van der Waals surface area contributed by atoms with Crippen molar-refractivity contribution in [2.45, 2.75) is 91.1 Å². The first-order valence-corrected chi connectivity index (χ1v) is 9.42. The predicted molar refractivity (Wildman–Crippen MR) is 94.0 cm³/mol. The Bertz CT molecular complexity index is 556. The normalized spacial score (nSPS) is 18.9. The zero-order valence-electron chi connectivity index (χ0n) is 15.8. The van der Waals surface area contributed by atoms with Crippen LogP contribution in [0.4, 0.5) is 0 Å². The van der Waals surface area contributed by atoms with E-state index >= 15 is 0 Å². The number of aliphatic carboxylic acids is 1. The maximum absolute atomic E-state index is 11.2. The van der Waals surface area contributed by atoms with E-state index in [1.54, 1.807) is 0 Å². The van der Waals surface area contributed by atoms with Crippen molar-refractivity contribution in [2.75, 3.05) is 0 Å². The lowest BCUT2D eigenvalue weighted by Crippen LogP contribution is -2.37. The third kappa shape index (κ3) is 5.03. The molecular formula is C19H32N2O4. The van der Waals surface area contributed by atoms with Crippen LogP contribution in [-0.2, 0) is 11.4 Å². The molecule has 1 aliphatic carbocycles. The second kappa shape index (κ2) is 8.30. The topological polar surface area (TPSA) is 96.5 Å². The van der Waals surface area contributed by atoms with Gasteiger partial charge in [-0.25, -0.2) is 0 Å². The molecular weight excluding hydrogens is 320 g/mol. The van der Waals surface area contributed by atoms with Crippen molar-refractivity contribution in [1.29, 1.82) is 0 Å². The summed E-state index contributed by atoms with van der Waals surface area (Å²) in [5.74, 6) is -0.605. The Balaban J connectivity index is 2.02. The number of carboxylic acids is 1. The van der Waals surface area contributed by atoms with Crippen LogP contribution in [-0.4, -0.2) is 26.3 Å². The minimum atomic E-state index is -0.864. The van der Waals surface area contributed by atoms with Crippen LogP contribution in [0.25, 0.3) is 0 Å². The molecule has 1 aliphatic rings. The van der Waals surface area contributed by atoms with Crippen molar-refractivity contribution >= 4 is 5.97 Å². The van der Waals surface area contributed by atoms with Gasteiger partial charge in [0, 0.05) is 5.92 Å². The summed E-state index contributed by atoms with van der Waals surface area (Å²) in [4.78, 5) is 15.3. The van der Waals surface area contributed by atoms with Crippen LogP contribution >= 0.6 is 0 Å². The molecule has 1 aromatic heterocycles. The van der Waals surface area contributed by atoms with Crippen LogP contribution in [0.1, 0.15) is 96.2 Å². The van der Waals surface area contributed by atoms with Gasteiger partial charge in [0.05, 0.1) is 6.42 Å². The number of hydrogen-bond donors (Lipinski definition) is 2. The molecule has 0 aliphatic heterocycles. The van der Waals surface area contributed by atoms with Gasteiger partial charge in [-0.3, -0.25) is 4.79 Å². The first kappa shape index (κ1) is 19.9. The molecule has 1 heterocycles. The monoisotopic (exact) mass is 352 g/mol. The van der Waals surface area contributed by atoms with Gasteiger partial charge in [0.1, 0.15) is 6.61 Å². The van der Waals surface area contributed by atoms with Crippen molar-refractivity contribution in [3.05, 3.63) is 11.7 Å². The summed E-state index contributed by atoms with van der Waals surface area (Å²) in [6, 6.07) is 0. The van der Waals surface area contributed by atoms with E-state index in [-0.39, 0.29) is 30.2 Å². The van der Waals surface area contributed by atoms with E-state index < -0.39 is 5.97 Å². The second-order valence-electron chi connectivity index (χ2n) is 8.48. The van der Waals surface area contributed by atoms with Crippen molar-refractivity contribution in [3.8, 4) is 0 Å². The number of rotatable bonds is 8. The molecule has 2 rings (SSSR count). The van der Waals surface area contributed by atoms with Crippen molar-refractivity contribution < 1.29 is 19.5 Å². The maximum atomic E-state index is 11.2. The molecule has 6 heteroatoms. The Morgan fingerprint density at radius 1 is 1.28 bits per heavy atom. The molecule has 1 saturated carbocycles. The Morgan fingerprint density at radius 3 is 2.48 bits per heavy atom. The number of aromatic nitrogens is 2. The molecule has 0 radical (unpaired) electrons. The molecule has 0 aromatic carbocycles. The summed E-state index contributed by atoms with van der Waals surface area (Å²) in [6.07, 6.45) is 9.18. The minimum Gasteiger partial charge on any atom is -0.481 e. The van der Waals surface area contributed by atoms with E-state index in [2.05, 4.69) is 30.9 Å². The smallest absolute Gasteiger partial charge is 0.304 e. The summed E-state index contributed by atoms with van der Waals surface area (Å²) in [6.45, 7) is 6.70. The summed E-state index contributed by atoms with van der Waals surface area (Å²) >= 11 is 0. The van der Waals surface area contributed by atoms with Gasteiger partial charge in [-0.2, -0.15) is 4.98 Å². The van der Waals surface area contributed by atoms with Crippen LogP contribution in [0.3, 0.4) is 0 Å². The molecule has 142 valence electrons. The van der Waals surface area contributed by atoms with Crippen molar-refractivity contribution in [3.63, 3.8) is 0 Å². The lowest BCUT2D eigenvalue weighted by Gasteiger charge is -2.48. The molecule has 1 atom stereocenters. The van der Waals surface area contributed by atoms with Crippen LogP contribution < -0.4 is 0 Å². The largest absolute Gasteiger partial charge is 0.481 e. The second-order valence-corrected chi connectivity index (χ2v) is 8.48. The number of carboxylic acid groups (broad SMARTS) is 1. The van der Waals surface area contributed by atoms with Gasteiger partial charge in [0.15, 0.2) is 5.82 Å². The number of aliphatic hydroxyl groups is 1. The summed E-state index contributed by atoms with van der Waals surface area (Å²) in [5, 5.41) is 22.0. The van der Waals surface area contributed by atoms with E-state index in [0.717, 1.165) is 19.3 Å². The highest BCUT2D eigenvalue weighted by molar-refractivity contribution is 5.67. The van der Waals surface area contributed by atoms with Gasteiger partial charge in [-0.15, -0.1) is 0 Å². The molecule has 0 saturated heterocycles. The standard InChI is InChI=1S/C19H32N2O4/c1-18(2,3)19(9-5-4-6-10-19)11-7-8-14(12-16(23)24)17-20-15(13-22)21-25-17/h14,22H,4-13H2,1-3H3,(H,23,24). The van der Waals surface area contributed by atoms with Crippen LogP contribution in [0, 0.1) is 10.8 Å². The Hall–Kier alpha value is -1.43. The molecule has 1 unspecified atom stereocenters. The highest BCUT2D eigenvalue weighted by Gasteiger charge is 2.41. The third-order valence-corrected chi connectivity index (χ3v) is 6.01. The van der Waals surface area contributed by atoms with E-state index in [9.17, 15) is 9.90 Å². The Morgan fingerprint density at radius 2 is 1.96 bits per heavy atom. The zero-order chi connectivity index (χ0) is 18.5. The lowest BCUT2D eigenvalue weighted by molar-refractivity contribution is -0.137. The van der Waals surface area contributed by atoms with Gasteiger partial charge >= 0.3 is 5.97 Å². The maximum Gasteiger partial charge on any atom is 0.304 e. The number of carbonyl (C=O) groups is 1. The van der Waals surface area contributed by atoms with Crippen LogP contribution in [0.5, 0.6) is 0 Å². The molecule has 6 nitrogen and oxygen atoms in total. The average Bonchev–Trinajstić information content (AvgIpc) is 3.02. The SMILES string of the molecule is CC(C)(C)C1(CCCC(CC(=O)O)c2nc(CO)no2)CCCCC1. The molecule has 0 amide bonds. The Labute approximate surface area is 150 Å². The number of hydrogen-bond acceptors (Lipinski definition) is 5. The number of aliphatic hydroxyl groups excluding tert-OH is 1. The third-order valence-electron chi connectivity index (χ3n) is 6.01. The van der Waals surface area contributed by atoms with Gasteiger partial charge in [0.25, 0.3) is 0 Å². The highest BCUT2D eigenvalue weighted by Crippen LogP contribution is 2.53. The number of nitrogens with zero attached hydrogens (tertiary/aromatic N) is 2. The lowest BCUT2D eigenvalue weighted by atomic mass is 9.57. The fourth-order valence-corrected chi connectivity index (χ4v) is 4.31. The molecule has 2 N–H and O–H groups in total. The zero-order valence-corrected chi connectivity index (χ0v) is 15.8. The first-order chi connectivity index (χ1) is 11.8. The van der Waals surface area contributed by atoms with Gasteiger partial charge in [-0.1, -0.05) is 51.6 Å². The Kier molecular flexibility index (Phi) is 6.60.